The molecular weight excluding hydrogens is 302 g/mol. The van der Waals surface area contributed by atoms with Crippen molar-refractivity contribution in [3.05, 3.63) is 41.5 Å². The number of piperidine rings is 1. The lowest BCUT2D eigenvalue weighted by Crippen LogP contribution is -2.36. The van der Waals surface area contributed by atoms with Gasteiger partial charge < -0.3 is 15.3 Å². The molecule has 2 aromatic heterocycles. The fourth-order valence-electron chi connectivity index (χ4n) is 3.25. The van der Waals surface area contributed by atoms with E-state index in [0.29, 0.717) is 5.92 Å². The van der Waals surface area contributed by atoms with Gasteiger partial charge in [0.2, 0.25) is 0 Å². The van der Waals surface area contributed by atoms with Crippen LogP contribution in [0.3, 0.4) is 0 Å². The third-order valence-electron chi connectivity index (χ3n) is 4.34. The molecule has 0 saturated carbocycles. The molecule has 0 unspecified atom stereocenters. The second-order valence-corrected chi connectivity index (χ2v) is 6.38. The molecule has 0 radical (unpaired) electrons. The van der Waals surface area contributed by atoms with E-state index < -0.39 is 0 Å². The summed E-state index contributed by atoms with van der Waals surface area (Å²) in [5.74, 6) is 2.74. The number of nitrogens with one attached hydrogen (secondary N) is 1. The zero-order valence-corrected chi connectivity index (χ0v) is 14.4. The van der Waals surface area contributed by atoms with Crippen LogP contribution in [0.1, 0.15) is 36.0 Å². The Morgan fingerprint density at radius 1 is 1.21 bits per heavy atom. The zero-order valence-electron chi connectivity index (χ0n) is 14.4. The summed E-state index contributed by atoms with van der Waals surface area (Å²) in [7, 11) is 0. The Morgan fingerprint density at radius 2 is 2.08 bits per heavy atom. The van der Waals surface area contributed by atoms with Gasteiger partial charge in [-0.3, -0.25) is 0 Å². The summed E-state index contributed by atoms with van der Waals surface area (Å²) < 4.78 is 0. The molecule has 0 aliphatic carbocycles. The number of hydrogen-bond acceptors (Lipinski definition) is 6. The van der Waals surface area contributed by atoms with Crippen molar-refractivity contribution in [3.8, 4) is 0 Å². The minimum Gasteiger partial charge on any atom is -0.395 e. The van der Waals surface area contributed by atoms with Gasteiger partial charge >= 0.3 is 0 Å². The summed E-state index contributed by atoms with van der Waals surface area (Å²) in [6.45, 7) is 6.84. The molecule has 128 valence electrons. The summed E-state index contributed by atoms with van der Waals surface area (Å²) in [4.78, 5) is 15.9. The van der Waals surface area contributed by atoms with E-state index in [0.717, 1.165) is 61.3 Å². The predicted octanol–water partition coefficient (Wildman–Crippen LogP) is 2.40. The number of aromatic nitrogens is 3. The van der Waals surface area contributed by atoms with Crippen molar-refractivity contribution in [2.45, 2.75) is 32.6 Å². The Kier molecular flexibility index (Phi) is 5.37. The average molecular weight is 327 g/mol. The summed E-state index contributed by atoms with van der Waals surface area (Å²) >= 11 is 0. The quantitative estimate of drug-likeness (QED) is 0.878. The van der Waals surface area contributed by atoms with Gasteiger partial charge in [-0.25, -0.2) is 15.0 Å². The number of aliphatic hydroxyl groups is 1. The molecule has 0 amide bonds. The topological polar surface area (TPSA) is 74.2 Å². The number of rotatable bonds is 5. The van der Waals surface area contributed by atoms with Gasteiger partial charge in [0.05, 0.1) is 12.3 Å². The molecule has 3 heterocycles. The van der Waals surface area contributed by atoms with E-state index in [4.69, 9.17) is 5.11 Å². The van der Waals surface area contributed by atoms with Gasteiger partial charge in [0.15, 0.2) is 0 Å². The minimum atomic E-state index is 0.210. The van der Waals surface area contributed by atoms with Crippen LogP contribution in [0.2, 0.25) is 0 Å². The Bertz CT molecular complexity index is 689. The van der Waals surface area contributed by atoms with Gasteiger partial charge in [-0.2, -0.15) is 0 Å². The molecular formula is C18H25N5O. The van der Waals surface area contributed by atoms with Crippen molar-refractivity contribution in [2.75, 3.05) is 31.6 Å². The molecule has 6 heteroatoms. The number of β-amino-alcohol motifs (C(OH)–C–C–N with tert-alkyl or cyclic N) is 1. The highest BCUT2D eigenvalue weighted by molar-refractivity contribution is 5.52. The number of pyridine rings is 1. The van der Waals surface area contributed by atoms with Crippen LogP contribution in [0.15, 0.2) is 24.3 Å². The molecule has 2 aromatic rings. The smallest absolute Gasteiger partial charge is 0.135 e. The van der Waals surface area contributed by atoms with E-state index >= 15 is 0 Å². The third-order valence-corrected chi connectivity index (χ3v) is 4.34. The summed E-state index contributed by atoms with van der Waals surface area (Å²) in [6.07, 6.45) is 2.26. The van der Waals surface area contributed by atoms with Crippen LogP contribution in [0, 0.1) is 13.8 Å². The Labute approximate surface area is 143 Å². The second kappa shape index (κ2) is 7.68. The maximum atomic E-state index is 9.17. The number of hydrogen-bond donors (Lipinski definition) is 2. The first-order valence-corrected chi connectivity index (χ1v) is 8.53. The van der Waals surface area contributed by atoms with E-state index in [1.807, 2.05) is 38.1 Å². The molecule has 1 atom stereocenters. The standard InChI is InChI=1S/C18H25N5O/c1-13-5-3-7-17(19-13)22-18-11-16(20-14(2)21-18)15-6-4-8-23(12-15)9-10-24/h3,5,7,11,15,24H,4,6,8-10,12H2,1-2H3,(H,19,20,21,22)/t15-/m1/s1. The number of anilines is 2. The predicted molar refractivity (Wildman–Crippen MR) is 94.5 cm³/mol. The number of nitrogens with zero attached hydrogens (tertiary/aromatic N) is 4. The first-order chi connectivity index (χ1) is 11.6. The van der Waals surface area contributed by atoms with E-state index in [1.165, 1.54) is 0 Å². The van der Waals surface area contributed by atoms with Crippen LogP contribution >= 0.6 is 0 Å². The average Bonchev–Trinajstić information content (AvgIpc) is 2.55. The fraction of sp³-hybridized carbons (Fsp3) is 0.500. The lowest BCUT2D eigenvalue weighted by Gasteiger charge is -2.32. The monoisotopic (exact) mass is 327 g/mol. The van der Waals surface area contributed by atoms with E-state index in [9.17, 15) is 0 Å². The first kappa shape index (κ1) is 16.8. The lowest BCUT2D eigenvalue weighted by molar-refractivity contribution is 0.160. The second-order valence-electron chi connectivity index (χ2n) is 6.38. The molecule has 2 N–H and O–H groups in total. The van der Waals surface area contributed by atoms with Crippen LogP contribution in [-0.2, 0) is 0 Å². The molecule has 1 saturated heterocycles. The summed E-state index contributed by atoms with van der Waals surface area (Å²) in [5, 5.41) is 12.5. The molecule has 3 rings (SSSR count). The number of likely N-dealkylation sites (tertiary alicyclic amines) is 1. The van der Waals surface area contributed by atoms with Crippen molar-refractivity contribution >= 4 is 11.6 Å². The number of aliphatic hydroxyl groups excluding tert-OH is 1. The zero-order chi connectivity index (χ0) is 16.9. The summed E-state index contributed by atoms with van der Waals surface area (Å²) in [5.41, 5.74) is 2.04. The molecule has 6 nitrogen and oxygen atoms in total. The maximum Gasteiger partial charge on any atom is 0.135 e. The maximum absolute atomic E-state index is 9.17. The van der Waals surface area contributed by atoms with Gasteiger partial charge in [-0.15, -0.1) is 0 Å². The van der Waals surface area contributed by atoms with Crippen molar-refractivity contribution < 1.29 is 5.11 Å². The highest BCUT2D eigenvalue weighted by atomic mass is 16.3. The molecule has 1 aliphatic rings. The lowest BCUT2D eigenvalue weighted by atomic mass is 9.94. The van der Waals surface area contributed by atoms with Gasteiger partial charge in [0, 0.05) is 30.8 Å². The van der Waals surface area contributed by atoms with Crippen molar-refractivity contribution in [1.29, 1.82) is 0 Å². The van der Waals surface area contributed by atoms with Gasteiger partial charge in [-0.1, -0.05) is 6.07 Å². The van der Waals surface area contributed by atoms with Crippen LogP contribution in [0.25, 0.3) is 0 Å². The van der Waals surface area contributed by atoms with Crippen LogP contribution in [0.5, 0.6) is 0 Å². The fourth-order valence-corrected chi connectivity index (χ4v) is 3.25. The van der Waals surface area contributed by atoms with Gasteiger partial charge in [-0.05, 0) is 45.4 Å². The Morgan fingerprint density at radius 3 is 2.88 bits per heavy atom. The van der Waals surface area contributed by atoms with E-state index in [-0.39, 0.29) is 6.61 Å². The molecule has 0 aromatic carbocycles. The van der Waals surface area contributed by atoms with Crippen LogP contribution < -0.4 is 5.32 Å². The third kappa shape index (κ3) is 4.27. The van der Waals surface area contributed by atoms with Crippen molar-refractivity contribution in [3.63, 3.8) is 0 Å². The number of aryl methyl sites for hydroxylation is 2. The normalized spacial score (nSPS) is 18.5. The first-order valence-electron chi connectivity index (χ1n) is 8.53. The largest absolute Gasteiger partial charge is 0.395 e. The molecule has 1 fully saturated rings. The van der Waals surface area contributed by atoms with Crippen LogP contribution in [-0.4, -0.2) is 51.2 Å². The highest BCUT2D eigenvalue weighted by Crippen LogP contribution is 2.27. The molecule has 0 bridgehead atoms. The van der Waals surface area contributed by atoms with E-state index in [2.05, 4.69) is 25.2 Å². The minimum absolute atomic E-state index is 0.210. The van der Waals surface area contributed by atoms with E-state index in [1.54, 1.807) is 0 Å². The SMILES string of the molecule is Cc1cccc(Nc2cc([C@@H]3CCCN(CCO)C3)nc(C)n2)n1. The molecule has 24 heavy (non-hydrogen) atoms. The van der Waals surface area contributed by atoms with Gasteiger partial charge in [0.25, 0.3) is 0 Å². The van der Waals surface area contributed by atoms with Crippen molar-refractivity contribution in [1.82, 2.24) is 19.9 Å². The molecule has 1 aliphatic heterocycles. The van der Waals surface area contributed by atoms with Crippen molar-refractivity contribution in [2.24, 2.45) is 0 Å². The van der Waals surface area contributed by atoms with Gasteiger partial charge in [0.1, 0.15) is 17.5 Å². The Hall–Kier alpha value is -2.05. The highest BCUT2D eigenvalue weighted by Gasteiger charge is 2.22. The molecule has 0 spiro atoms. The Balaban J connectivity index is 1.78. The van der Waals surface area contributed by atoms with Crippen LogP contribution in [0.4, 0.5) is 11.6 Å². The summed E-state index contributed by atoms with van der Waals surface area (Å²) in [6, 6.07) is 7.92.